The second kappa shape index (κ2) is 4.67. The zero-order valence-electron chi connectivity index (χ0n) is 9.92. The minimum atomic E-state index is -3.45. The predicted molar refractivity (Wildman–Crippen MR) is 71.0 cm³/mol. The van der Waals surface area contributed by atoms with Crippen LogP contribution < -0.4 is 0 Å². The first kappa shape index (κ1) is 12.4. The lowest BCUT2D eigenvalue weighted by Gasteiger charge is -2.05. The van der Waals surface area contributed by atoms with Gasteiger partial charge in [0.25, 0.3) is 0 Å². The topological polar surface area (TPSA) is 34.1 Å². The molecule has 0 atom stereocenters. The van der Waals surface area contributed by atoms with E-state index in [2.05, 4.69) is 5.92 Å². The normalized spacial score (nSPS) is 10.9. The smallest absolute Gasteiger partial charge is 0.206 e. The number of terminal acetylenes is 1. The minimum Gasteiger partial charge on any atom is -0.219 e. The maximum atomic E-state index is 12.3. The van der Waals surface area contributed by atoms with Crippen LogP contribution in [0.4, 0.5) is 0 Å². The van der Waals surface area contributed by atoms with E-state index in [0.717, 1.165) is 5.56 Å². The van der Waals surface area contributed by atoms with Crippen molar-refractivity contribution in [2.24, 2.45) is 0 Å². The fourth-order valence-electron chi connectivity index (χ4n) is 1.58. The monoisotopic (exact) mass is 256 g/mol. The Labute approximate surface area is 107 Å². The van der Waals surface area contributed by atoms with Crippen LogP contribution in [0, 0.1) is 19.3 Å². The van der Waals surface area contributed by atoms with Gasteiger partial charge < -0.3 is 0 Å². The second-order valence-electron chi connectivity index (χ2n) is 3.99. The van der Waals surface area contributed by atoms with Gasteiger partial charge in [-0.2, -0.15) is 0 Å². The van der Waals surface area contributed by atoms with Gasteiger partial charge in [0, 0.05) is 5.56 Å². The molecule has 0 heterocycles. The van der Waals surface area contributed by atoms with Gasteiger partial charge in [0.15, 0.2) is 0 Å². The molecule has 0 fully saturated rings. The largest absolute Gasteiger partial charge is 0.219 e. The van der Waals surface area contributed by atoms with Crippen LogP contribution in [-0.4, -0.2) is 8.42 Å². The van der Waals surface area contributed by atoms with E-state index in [4.69, 9.17) is 6.42 Å². The molecule has 0 amide bonds. The third-order valence-electron chi connectivity index (χ3n) is 2.66. The van der Waals surface area contributed by atoms with E-state index in [1.54, 1.807) is 36.4 Å². The summed E-state index contributed by atoms with van der Waals surface area (Å²) in [5, 5.41) is 0. The van der Waals surface area contributed by atoms with Crippen molar-refractivity contribution in [1.29, 1.82) is 0 Å². The SMILES string of the molecule is C#Cc1ccc(S(=O)(=O)c2ccc(C)cc2)cc1. The highest BCUT2D eigenvalue weighted by Crippen LogP contribution is 2.21. The lowest BCUT2D eigenvalue weighted by molar-refractivity contribution is 0.596. The molecule has 3 heteroatoms. The van der Waals surface area contributed by atoms with E-state index < -0.39 is 9.84 Å². The Morgan fingerprint density at radius 2 is 1.33 bits per heavy atom. The Morgan fingerprint density at radius 1 is 0.889 bits per heavy atom. The summed E-state index contributed by atoms with van der Waals surface area (Å²) in [6.07, 6.45) is 5.24. The van der Waals surface area contributed by atoms with Crippen molar-refractivity contribution in [2.75, 3.05) is 0 Å². The molecule has 0 spiro atoms. The summed E-state index contributed by atoms with van der Waals surface area (Å²) in [7, 11) is -3.45. The highest BCUT2D eigenvalue weighted by atomic mass is 32.2. The molecular weight excluding hydrogens is 244 g/mol. The highest BCUT2D eigenvalue weighted by Gasteiger charge is 2.16. The van der Waals surface area contributed by atoms with E-state index in [0.29, 0.717) is 10.5 Å². The summed E-state index contributed by atoms with van der Waals surface area (Å²) in [6.45, 7) is 1.91. The number of rotatable bonds is 2. The maximum absolute atomic E-state index is 12.3. The molecule has 2 rings (SSSR count). The molecule has 2 aromatic rings. The summed E-state index contributed by atoms with van der Waals surface area (Å²) in [4.78, 5) is 0.548. The van der Waals surface area contributed by atoms with Crippen LogP contribution in [0.25, 0.3) is 0 Å². The molecule has 90 valence electrons. The van der Waals surface area contributed by atoms with Crippen LogP contribution in [-0.2, 0) is 9.84 Å². The summed E-state index contributed by atoms with van der Waals surface area (Å²) in [5.74, 6) is 2.46. The van der Waals surface area contributed by atoms with Gasteiger partial charge in [0.2, 0.25) is 9.84 Å². The molecule has 0 bridgehead atoms. The van der Waals surface area contributed by atoms with Crippen molar-refractivity contribution in [3.05, 3.63) is 59.7 Å². The molecule has 2 nitrogen and oxygen atoms in total. The summed E-state index contributed by atoms with van der Waals surface area (Å²) < 4.78 is 24.6. The number of sulfone groups is 1. The molecular formula is C15H12O2S. The molecule has 2 aromatic carbocycles. The number of aryl methyl sites for hydroxylation is 1. The molecule has 0 aliphatic carbocycles. The Bertz CT molecular complexity index is 688. The van der Waals surface area contributed by atoms with Crippen molar-refractivity contribution in [2.45, 2.75) is 16.7 Å². The Kier molecular flexibility index (Phi) is 3.22. The standard InChI is InChI=1S/C15H12O2S/c1-3-13-6-10-15(11-7-13)18(16,17)14-8-4-12(2)5-9-14/h1,4-11H,2H3. The third kappa shape index (κ3) is 2.29. The summed E-state index contributed by atoms with van der Waals surface area (Å²) in [6, 6.07) is 13.1. The van der Waals surface area contributed by atoms with Crippen LogP contribution in [0.1, 0.15) is 11.1 Å². The fourth-order valence-corrected chi connectivity index (χ4v) is 2.84. The average molecular weight is 256 g/mol. The van der Waals surface area contributed by atoms with Gasteiger partial charge in [0.1, 0.15) is 0 Å². The third-order valence-corrected chi connectivity index (χ3v) is 4.45. The lowest BCUT2D eigenvalue weighted by Crippen LogP contribution is -2.01. The summed E-state index contributed by atoms with van der Waals surface area (Å²) >= 11 is 0. The van der Waals surface area contributed by atoms with E-state index in [9.17, 15) is 8.42 Å². The van der Waals surface area contributed by atoms with Crippen molar-refractivity contribution in [1.82, 2.24) is 0 Å². The molecule has 0 saturated heterocycles. The fraction of sp³-hybridized carbons (Fsp3) is 0.0667. The molecule has 18 heavy (non-hydrogen) atoms. The first-order valence-electron chi connectivity index (χ1n) is 5.42. The van der Waals surface area contributed by atoms with E-state index in [1.165, 1.54) is 12.1 Å². The quantitative estimate of drug-likeness (QED) is 0.774. The Morgan fingerprint density at radius 3 is 1.78 bits per heavy atom. The van der Waals surface area contributed by atoms with Gasteiger partial charge in [-0.25, -0.2) is 8.42 Å². The van der Waals surface area contributed by atoms with E-state index >= 15 is 0 Å². The first-order chi connectivity index (χ1) is 8.54. The van der Waals surface area contributed by atoms with Crippen LogP contribution in [0.15, 0.2) is 58.3 Å². The van der Waals surface area contributed by atoms with Crippen molar-refractivity contribution in [3.63, 3.8) is 0 Å². The maximum Gasteiger partial charge on any atom is 0.206 e. The van der Waals surface area contributed by atoms with Gasteiger partial charge in [-0.05, 0) is 43.3 Å². The zero-order chi connectivity index (χ0) is 13.2. The van der Waals surface area contributed by atoms with E-state index in [-0.39, 0.29) is 4.90 Å². The van der Waals surface area contributed by atoms with Crippen LogP contribution in [0.5, 0.6) is 0 Å². The Hall–Kier alpha value is -2.05. The molecule has 0 unspecified atom stereocenters. The van der Waals surface area contributed by atoms with Gasteiger partial charge in [0.05, 0.1) is 9.79 Å². The van der Waals surface area contributed by atoms with Gasteiger partial charge in [-0.15, -0.1) is 6.42 Å². The predicted octanol–water partition coefficient (Wildman–Crippen LogP) is 2.81. The second-order valence-corrected chi connectivity index (χ2v) is 5.93. The zero-order valence-corrected chi connectivity index (χ0v) is 10.7. The van der Waals surface area contributed by atoms with Gasteiger partial charge in [-0.3, -0.25) is 0 Å². The molecule has 0 radical (unpaired) electrons. The number of hydrogen-bond acceptors (Lipinski definition) is 2. The summed E-state index contributed by atoms with van der Waals surface area (Å²) in [5.41, 5.74) is 1.69. The highest BCUT2D eigenvalue weighted by molar-refractivity contribution is 7.91. The first-order valence-corrected chi connectivity index (χ1v) is 6.91. The molecule has 0 N–H and O–H groups in total. The lowest BCUT2D eigenvalue weighted by atomic mass is 10.2. The molecule has 0 aliphatic heterocycles. The van der Waals surface area contributed by atoms with Crippen molar-refractivity contribution < 1.29 is 8.42 Å². The Balaban J connectivity index is 2.48. The molecule has 0 aliphatic rings. The minimum absolute atomic E-state index is 0.255. The average Bonchev–Trinajstić information content (AvgIpc) is 2.39. The van der Waals surface area contributed by atoms with Crippen molar-refractivity contribution >= 4 is 9.84 Å². The van der Waals surface area contributed by atoms with Crippen LogP contribution >= 0.6 is 0 Å². The van der Waals surface area contributed by atoms with Crippen LogP contribution in [0.2, 0.25) is 0 Å². The van der Waals surface area contributed by atoms with Gasteiger partial charge in [-0.1, -0.05) is 23.6 Å². The van der Waals surface area contributed by atoms with Crippen molar-refractivity contribution in [3.8, 4) is 12.3 Å². The van der Waals surface area contributed by atoms with Gasteiger partial charge >= 0.3 is 0 Å². The van der Waals surface area contributed by atoms with E-state index in [1.807, 2.05) is 6.92 Å². The molecule has 0 aromatic heterocycles. The molecule has 0 saturated carbocycles. The number of benzene rings is 2. The number of hydrogen-bond donors (Lipinski definition) is 0. The van der Waals surface area contributed by atoms with Crippen LogP contribution in [0.3, 0.4) is 0 Å².